The fraction of sp³-hybridized carbons (Fsp3) is 0.600. The van der Waals surface area contributed by atoms with Crippen LogP contribution in [0.25, 0.3) is 0 Å². The summed E-state index contributed by atoms with van der Waals surface area (Å²) >= 11 is 6.07. The van der Waals surface area contributed by atoms with Crippen molar-refractivity contribution in [2.45, 2.75) is 18.9 Å². The molecule has 1 aromatic carbocycles. The number of benzene rings is 1. The van der Waals surface area contributed by atoms with E-state index >= 15 is 0 Å². The van der Waals surface area contributed by atoms with Crippen LogP contribution in [0.1, 0.15) is 24.4 Å². The van der Waals surface area contributed by atoms with Gasteiger partial charge in [0.15, 0.2) is 0 Å². The molecular weight excluding hydrogens is 260 g/mol. The Kier molecular flexibility index (Phi) is 5.64. The monoisotopic (exact) mass is 282 g/mol. The molecule has 1 unspecified atom stereocenters. The van der Waals surface area contributed by atoms with Crippen LogP contribution < -0.4 is 5.73 Å². The largest absolute Gasteiger partial charge is 0.384 e. The molecular formula is C15H23ClN2O. The number of hydrogen-bond acceptors (Lipinski definition) is 3. The third kappa shape index (κ3) is 3.93. The van der Waals surface area contributed by atoms with Crippen LogP contribution in [0.5, 0.6) is 0 Å². The predicted molar refractivity (Wildman–Crippen MR) is 79.4 cm³/mol. The van der Waals surface area contributed by atoms with Gasteiger partial charge in [0, 0.05) is 31.3 Å². The van der Waals surface area contributed by atoms with Crippen molar-refractivity contribution < 1.29 is 4.74 Å². The highest BCUT2D eigenvalue weighted by Crippen LogP contribution is 2.27. The quantitative estimate of drug-likeness (QED) is 0.902. The van der Waals surface area contributed by atoms with Gasteiger partial charge in [-0.05, 0) is 49.5 Å². The van der Waals surface area contributed by atoms with Gasteiger partial charge in [0.2, 0.25) is 0 Å². The second kappa shape index (κ2) is 7.25. The molecule has 0 saturated carbocycles. The molecule has 1 aliphatic heterocycles. The minimum atomic E-state index is 0.280. The smallest absolute Gasteiger partial charge is 0.0491 e. The summed E-state index contributed by atoms with van der Waals surface area (Å²) in [4.78, 5) is 2.47. The van der Waals surface area contributed by atoms with Crippen LogP contribution in [0.3, 0.4) is 0 Å². The zero-order valence-corrected chi connectivity index (χ0v) is 12.3. The van der Waals surface area contributed by atoms with E-state index < -0.39 is 0 Å². The van der Waals surface area contributed by atoms with Gasteiger partial charge in [-0.25, -0.2) is 0 Å². The van der Waals surface area contributed by atoms with Crippen LogP contribution in [-0.2, 0) is 4.74 Å². The maximum atomic E-state index is 6.07. The Morgan fingerprint density at radius 2 is 2.16 bits per heavy atom. The molecule has 4 heteroatoms. The molecule has 1 aromatic rings. The molecule has 0 bridgehead atoms. The van der Waals surface area contributed by atoms with Gasteiger partial charge in [-0.2, -0.15) is 0 Å². The first kappa shape index (κ1) is 14.8. The van der Waals surface area contributed by atoms with E-state index in [4.69, 9.17) is 22.1 Å². The third-order valence-electron chi connectivity index (χ3n) is 3.95. The Hall–Kier alpha value is -0.610. The maximum Gasteiger partial charge on any atom is 0.0491 e. The Morgan fingerprint density at radius 3 is 2.74 bits per heavy atom. The molecule has 1 aliphatic rings. The molecule has 2 rings (SSSR count). The summed E-state index contributed by atoms with van der Waals surface area (Å²) in [5, 5.41) is 0.783. The second-order valence-corrected chi connectivity index (χ2v) is 5.68. The number of halogens is 1. The fourth-order valence-electron chi connectivity index (χ4n) is 2.88. The Labute approximate surface area is 120 Å². The minimum absolute atomic E-state index is 0.280. The summed E-state index contributed by atoms with van der Waals surface area (Å²) < 4.78 is 5.24. The van der Waals surface area contributed by atoms with E-state index in [1.807, 2.05) is 18.2 Å². The summed E-state index contributed by atoms with van der Waals surface area (Å²) in [6.07, 6.45) is 2.37. The SMILES string of the molecule is COCC1CCN(C(CN)c2cccc(Cl)c2)CC1. The predicted octanol–water partition coefficient (Wildman–Crippen LogP) is 2.70. The maximum absolute atomic E-state index is 6.07. The van der Waals surface area contributed by atoms with Crippen molar-refractivity contribution >= 4 is 11.6 Å². The first-order chi connectivity index (χ1) is 9.24. The van der Waals surface area contributed by atoms with Crippen molar-refractivity contribution in [2.24, 2.45) is 11.7 Å². The third-order valence-corrected chi connectivity index (χ3v) is 4.18. The highest BCUT2D eigenvalue weighted by Gasteiger charge is 2.25. The summed E-state index contributed by atoms with van der Waals surface area (Å²) in [5.74, 6) is 0.694. The van der Waals surface area contributed by atoms with Gasteiger partial charge in [-0.15, -0.1) is 0 Å². The van der Waals surface area contributed by atoms with E-state index in [1.54, 1.807) is 7.11 Å². The van der Waals surface area contributed by atoms with Gasteiger partial charge in [0.1, 0.15) is 0 Å². The molecule has 3 nitrogen and oxygen atoms in total. The molecule has 1 atom stereocenters. The standard InChI is InChI=1S/C15H23ClN2O/c1-19-11-12-5-7-18(8-6-12)15(10-17)13-3-2-4-14(16)9-13/h2-4,9,12,15H,5-8,10-11,17H2,1H3. The van der Waals surface area contributed by atoms with Crippen LogP contribution in [-0.4, -0.2) is 38.3 Å². The van der Waals surface area contributed by atoms with Gasteiger partial charge in [-0.1, -0.05) is 23.7 Å². The molecule has 1 heterocycles. The molecule has 106 valence electrons. The van der Waals surface area contributed by atoms with Crippen LogP contribution in [0.4, 0.5) is 0 Å². The highest BCUT2D eigenvalue weighted by atomic mass is 35.5. The van der Waals surface area contributed by atoms with Gasteiger partial charge in [0.25, 0.3) is 0 Å². The van der Waals surface area contributed by atoms with Crippen molar-refractivity contribution in [1.29, 1.82) is 0 Å². The molecule has 0 radical (unpaired) electrons. The van der Waals surface area contributed by atoms with Gasteiger partial charge in [-0.3, -0.25) is 4.90 Å². The molecule has 2 N–H and O–H groups in total. The van der Waals surface area contributed by atoms with Gasteiger partial charge in [0.05, 0.1) is 0 Å². The lowest BCUT2D eigenvalue weighted by molar-refractivity contribution is 0.0810. The van der Waals surface area contributed by atoms with Crippen molar-refractivity contribution in [2.75, 3.05) is 33.4 Å². The van der Waals surface area contributed by atoms with E-state index in [1.165, 1.54) is 18.4 Å². The molecule has 19 heavy (non-hydrogen) atoms. The van der Waals surface area contributed by atoms with Crippen molar-refractivity contribution in [1.82, 2.24) is 4.90 Å². The number of ether oxygens (including phenoxy) is 1. The first-order valence-corrected chi connectivity index (χ1v) is 7.31. The fourth-order valence-corrected chi connectivity index (χ4v) is 3.08. The van der Waals surface area contributed by atoms with E-state index in [0.29, 0.717) is 12.5 Å². The normalized spacial score (nSPS) is 19.5. The number of nitrogens with two attached hydrogens (primary N) is 1. The topological polar surface area (TPSA) is 38.5 Å². The van der Waals surface area contributed by atoms with Crippen LogP contribution in [0.15, 0.2) is 24.3 Å². The summed E-state index contributed by atoms with van der Waals surface area (Å²) in [5.41, 5.74) is 7.19. The Morgan fingerprint density at radius 1 is 1.42 bits per heavy atom. The molecule has 1 fully saturated rings. The number of methoxy groups -OCH3 is 1. The number of piperidine rings is 1. The molecule has 0 aromatic heterocycles. The lowest BCUT2D eigenvalue weighted by Crippen LogP contribution is -2.40. The molecule has 0 aliphatic carbocycles. The Balaban J connectivity index is 1.99. The number of hydrogen-bond donors (Lipinski definition) is 1. The van der Waals surface area contributed by atoms with Crippen LogP contribution in [0, 0.1) is 5.92 Å². The average molecular weight is 283 g/mol. The van der Waals surface area contributed by atoms with Gasteiger partial charge < -0.3 is 10.5 Å². The van der Waals surface area contributed by atoms with Crippen LogP contribution in [0.2, 0.25) is 5.02 Å². The van der Waals surface area contributed by atoms with Crippen molar-refractivity contribution in [3.05, 3.63) is 34.9 Å². The summed E-state index contributed by atoms with van der Waals surface area (Å²) in [7, 11) is 1.78. The minimum Gasteiger partial charge on any atom is -0.384 e. The van der Waals surface area contributed by atoms with E-state index in [9.17, 15) is 0 Å². The molecule has 1 saturated heterocycles. The molecule has 0 amide bonds. The summed E-state index contributed by atoms with van der Waals surface area (Å²) in [6, 6.07) is 8.33. The lowest BCUT2D eigenvalue weighted by Gasteiger charge is -2.37. The number of likely N-dealkylation sites (tertiary alicyclic amines) is 1. The first-order valence-electron chi connectivity index (χ1n) is 6.93. The van der Waals surface area contributed by atoms with Crippen LogP contribution >= 0.6 is 11.6 Å². The van der Waals surface area contributed by atoms with Crippen molar-refractivity contribution in [3.8, 4) is 0 Å². The van der Waals surface area contributed by atoms with E-state index in [-0.39, 0.29) is 6.04 Å². The zero-order valence-electron chi connectivity index (χ0n) is 11.5. The average Bonchev–Trinajstić information content (AvgIpc) is 2.42. The second-order valence-electron chi connectivity index (χ2n) is 5.24. The van der Waals surface area contributed by atoms with E-state index in [2.05, 4.69) is 11.0 Å². The van der Waals surface area contributed by atoms with Crippen molar-refractivity contribution in [3.63, 3.8) is 0 Å². The zero-order chi connectivity index (χ0) is 13.7. The number of nitrogens with zero attached hydrogens (tertiary/aromatic N) is 1. The molecule has 0 spiro atoms. The lowest BCUT2D eigenvalue weighted by atomic mass is 9.95. The Bertz CT molecular complexity index is 391. The van der Waals surface area contributed by atoms with E-state index in [0.717, 1.165) is 24.7 Å². The number of rotatable bonds is 5. The highest BCUT2D eigenvalue weighted by molar-refractivity contribution is 6.30. The van der Waals surface area contributed by atoms with Gasteiger partial charge >= 0.3 is 0 Å². The summed E-state index contributed by atoms with van der Waals surface area (Å²) in [6.45, 7) is 3.68.